The molecule has 0 fully saturated rings. The summed E-state index contributed by atoms with van der Waals surface area (Å²) in [5.74, 6) is 0.420. The lowest BCUT2D eigenvalue weighted by atomic mass is 9.93. The van der Waals surface area contributed by atoms with Crippen LogP contribution in [0.25, 0.3) is 11.1 Å². The molecule has 0 amide bonds. The maximum absolute atomic E-state index is 11.0. The number of aromatic hydroxyl groups is 1. The Balaban J connectivity index is 1.75. The fourth-order valence-corrected chi connectivity index (χ4v) is 3.98. The Bertz CT molecular complexity index is 852. The average Bonchev–Trinajstić information content (AvgIpc) is 2.76. The molecule has 1 nitrogen and oxygen atoms in total. The van der Waals surface area contributed by atoms with E-state index in [1.54, 1.807) is 0 Å². The SMILES string of the molecule is CCCCCCCCCc1cc(Cc2ccccc2)c(O)c(-c2ccccc2)c1. The molecule has 0 radical (unpaired) electrons. The summed E-state index contributed by atoms with van der Waals surface area (Å²) in [4.78, 5) is 0. The quantitative estimate of drug-likeness (QED) is 0.332. The van der Waals surface area contributed by atoms with Crippen LogP contribution in [0.3, 0.4) is 0 Å². The Morgan fingerprint density at radius 1 is 0.655 bits per heavy atom. The zero-order valence-corrected chi connectivity index (χ0v) is 17.7. The van der Waals surface area contributed by atoms with Gasteiger partial charge in [0.2, 0.25) is 0 Å². The van der Waals surface area contributed by atoms with Gasteiger partial charge in [0.25, 0.3) is 0 Å². The molecule has 0 aliphatic rings. The van der Waals surface area contributed by atoms with Crippen LogP contribution in [0, 0.1) is 0 Å². The van der Waals surface area contributed by atoms with E-state index < -0.39 is 0 Å². The first kappa shape index (κ1) is 21.2. The average molecular weight is 387 g/mol. The summed E-state index contributed by atoms with van der Waals surface area (Å²) >= 11 is 0. The Morgan fingerprint density at radius 3 is 1.97 bits per heavy atom. The van der Waals surface area contributed by atoms with E-state index in [0.29, 0.717) is 5.75 Å². The molecule has 0 unspecified atom stereocenters. The van der Waals surface area contributed by atoms with E-state index in [-0.39, 0.29) is 0 Å². The second-order valence-electron chi connectivity index (χ2n) is 8.05. The van der Waals surface area contributed by atoms with Gasteiger partial charge in [-0.25, -0.2) is 0 Å². The second kappa shape index (κ2) is 11.5. The first-order valence-corrected chi connectivity index (χ1v) is 11.2. The summed E-state index contributed by atoms with van der Waals surface area (Å²) in [6, 6.07) is 25.1. The van der Waals surface area contributed by atoms with Crippen molar-refractivity contribution in [1.82, 2.24) is 0 Å². The maximum atomic E-state index is 11.0. The number of rotatable bonds is 11. The van der Waals surface area contributed by atoms with Crippen LogP contribution >= 0.6 is 0 Å². The van der Waals surface area contributed by atoms with Gasteiger partial charge in [-0.15, -0.1) is 0 Å². The van der Waals surface area contributed by atoms with Gasteiger partial charge in [-0.2, -0.15) is 0 Å². The molecule has 3 aromatic carbocycles. The smallest absolute Gasteiger partial charge is 0.126 e. The summed E-state index contributed by atoms with van der Waals surface area (Å²) in [6.45, 7) is 2.27. The van der Waals surface area contributed by atoms with Crippen LogP contribution in [-0.4, -0.2) is 5.11 Å². The third-order valence-electron chi connectivity index (χ3n) is 5.64. The molecule has 0 bridgehead atoms. The molecule has 3 aromatic rings. The van der Waals surface area contributed by atoms with Crippen molar-refractivity contribution < 1.29 is 5.11 Å². The van der Waals surface area contributed by atoms with Gasteiger partial charge >= 0.3 is 0 Å². The zero-order valence-electron chi connectivity index (χ0n) is 17.7. The third-order valence-corrected chi connectivity index (χ3v) is 5.64. The van der Waals surface area contributed by atoms with E-state index in [1.165, 1.54) is 56.1 Å². The Labute approximate surface area is 176 Å². The van der Waals surface area contributed by atoms with Crippen molar-refractivity contribution in [2.75, 3.05) is 0 Å². The van der Waals surface area contributed by atoms with Crippen molar-refractivity contribution in [3.8, 4) is 16.9 Å². The molecule has 0 aliphatic heterocycles. The minimum absolute atomic E-state index is 0.420. The van der Waals surface area contributed by atoms with Crippen molar-refractivity contribution in [2.24, 2.45) is 0 Å². The largest absolute Gasteiger partial charge is 0.507 e. The Hall–Kier alpha value is -2.54. The molecule has 0 aliphatic carbocycles. The highest BCUT2D eigenvalue weighted by Gasteiger charge is 2.12. The highest BCUT2D eigenvalue weighted by atomic mass is 16.3. The molecule has 0 spiro atoms. The molecular formula is C28H34O. The van der Waals surface area contributed by atoms with E-state index >= 15 is 0 Å². The molecular weight excluding hydrogens is 352 g/mol. The molecule has 1 N–H and O–H groups in total. The van der Waals surface area contributed by atoms with Crippen LogP contribution in [0.5, 0.6) is 5.75 Å². The first-order valence-electron chi connectivity index (χ1n) is 11.2. The highest BCUT2D eigenvalue weighted by Crippen LogP contribution is 2.35. The number of benzene rings is 3. The molecule has 0 saturated carbocycles. The van der Waals surface area contributed by atoms with Crippen molar-refractivity contribution in [3.63, 3.8) is 0 Å². The van der Waals surface area contributed by atoms with E-state index in [0.717, 1.165) is 29.5 Å². The lowest BCUT2D eigenvalue weighted by Gasteiger charge is -2.14. The van der Waals surface area contributed by atoms with E-state index in [4.69, 9.17) is 0 Å². The maximum Gasteiger partial charge on any atom is 0.126 e. The van der Waals surface area contributed by atoms with Gasteiger partial charge < -0.3 is 5.11 Å². The van der Waals surface area contributed by atoms with Gasteiger partial charge in [0.1, 0.15) is 5.75 Å². The van der Waals surface area contributed by atoms with Gasteiger partial charge in [-0.3, -0.25) is 0 Å². The van der Waals surface area contributed by atoms with Crippen molar-refractivity contribution >= 4 is 0 Å². The third kappa shape index (κ3) is 6.49. The summed E-state index contributed by atoms with van der Waals surface area (Å²) in [6.07, 6.45) is 11.1. The molecule has 0 heterocycles. The Morgan fingerprint density at radius 2 is 1.28 bits per heavy atom. The molecule has 0 saturated heterocycles. The second-order valence-corrected chi connectivity index (χ2v) is 8.05. The molecule has 0 atom stereocenters. The van der Waals surface area contributed by atoms with Crippen molar-refractivity contribution in [3.05, 3.63) is 89.5 Å². The first-order chi connectivity index (χ1) is 14.3. The normalized spacial score (nSPS) is 10.9. The number of unbranched alkanes of at least 4 members (excludes halogenated alkanes) is 6. The number of hydrogen-bond acceptors (Lipinski definition) is 1. The number of hydrogen-bond donors (Lipinski definition) is 1. The lowest BCUT2D eigenvalue weighted by molar-refractivity contribution is 0.471. The van der Waals surface area contributed by atoms with Crippen LogP contribution in [0.15, 0.2) is 72.8 Å². The van der Waals surface area contributed by atoms with E-state index in [1.807, 2.05) is 24.3 Å². The predicted octanol–water partition coefficient (Wildman–Crippen LogP) is 7.94. The predicted molar refractivity (Wildman–Crippen MR) is 124 cm³/mol. The van der Waals surface area contributed by atoms with Gasteiger partial charge in [-0.1, -0.05) is 112 Å². The van der Waals surface area contributed by atoms with Crippen molar-refractivity contribution in [2.45, 2.75) is 64.7 Å². The molecule has 0 aromatic heterocycles. The van der Waals surface area contributed by atoms with Gasteiger partial charge in [0.05, 0.1) is 0 Å². The number of aryl methyl sites for hydroxylation is 1. The minimum atomic E-state index is 0.420. The van der Waals surface area contributed by atoms with E-state index in [2.05, 4.69) is 55.5 Å². The molecule has 152 valence electrons. The summed E-state index contributed by atoms with van der Waals surface area (Å²) in [5.41, 5.74) is 5.63. The molecule has 1 heteroatoms. The Kier molecular flexibility index (Phi) is 8.37. The summed E-state index contributed by atoms with van der Waals surface area (Å²) in [7, 11) is 0. The summed E-state index contributed by atoms with van der Waals surface area (Å²) < 4.78 is 0. The zero-order chi connectivity index (χ0) is 20.3. The monoisotopic (exact) mass is 386 g/mol. The number of phenols is 1. The standard InChI is InChI=1S/C28H34O/c1-2-3-4-5-6-7-10-17-24-21-26(20-23-15-11-8-12-16-23)28(29)27(22-24)25-18-13-9-14-19-25/h8-9,11-16,18-19,21-22,29H,2-7,10,17,20H2,1H3. The number of phenolic OH excluding ortho intramolecular Hbond substituents is 1. The van der Waals surface area contributed by atoms with Gasteiger partial charge in [-0.05, 0) is 41.2 Å². The fraction of sp³-hybridized carbons (Fsp3) is 0.357. The fourth-order valence-electron chi connectivity index (χ4n) is 3.98. The molecule has 29 heavy (non-hydrogen) atoms. The van der Waals surface area contributed by atoms with Crippen LogP contribution < -0.4 is 0 Å². The van der Waals surface area contributed by atoms with Crippen LogP contribution in [-0.2, 0) is 12.8 Å². The van der Waals surface area contributed by atoms with Crippen LogP contribution in [0.4, 0.5) is 0 Å². The van der Waals surface area contributed by atoms with E-state index in [9.17, 15) is 5.11 Å². The van der Waals surface area contributed by atoms with Gasteiger partial charge in [0.15, 0.2) is 0 Å². The summed E-state index contributed by atoms with van der Waals surface area (Å²) in [5, 5.41) is 11.0. The molecule has 3 rings (SSSR count). The van der Waals surface area contributed by atoms with Gasteiger partial charge in [0, 0.05) is 12.0 Å². The van der Waals surface area contributed by atoms with Crippen molar-refractivity contribution in [1.29, 1.82) is 0 Å². The van der Waals surface area contributed by atoms with Crippen LogP contribution in [0.2, 0.25) is 0 Å². The lowest BCUT2D eigenvalue weighted by Crippen LogP contribution is -1.95. The minimum Gasteiger partial charge on any atom is -0.507 e. The topological polar surface area (TPSA) is 20.2 Å². The highest BCUT2D eigenvalue weighted by molar-refractivity contribution is 5.73. The van der Waals surface area contributed by atoms with Crippen LogP contribution in [0.1, 0.15) is 68.6 Å².